The molecular formula is C25H39N3OS2. The van der Waals surface area contributed by atoms with Crippen molar-refractivity contribution in [2.75, 3.05) is 31.2 Å². The van der Waals surface area contributed by atoms with Crippen molar-refractivity contribution in [1.29, 1.82) is 0 Å². The quantitative estimate of drug-likeness (QED) is 0.534. The molecular weight excluding hydrogens is 422 g/mol. The van der Waals surface area contributed by atoms with Gasteiger partial charge in [0.1, 0.15) is 0 Å². The number of hydrogen-bond acceptors (Lipinski definition) is 5. The maximum absolute atomic E-state index is 10.3. The summed E-state index contributed by atoms with van der Waals surface area (Å²) in [5, 5.41) is 4.75. The summed E-state index contributed by atoms with van der Waals surface area (Å²) in [6.45, 7) is 9.41. The van der Waals surface area contributed by atoms with Crippen LogP contribution in [0.25, 0.3) is 11.3 Å². The summed E-state index contributed by atoms with van der Waals surface area (Å²) >= 11 is 3.82. The zero-order chi connectivity index (χ0) is 22.6. The van der Waals surface area contributed by atoms with Crippen LogP contribution in [0.3, 0.4) is 0 Å². The average Bonchev–Trinajstić information content (AvgIpc) is 3.14. The number of nitrogens with zero attached hydrogens (tertiary/aromatic N) is 2. The molecule has 1 aliphatic carbocycles. The van der Waals surface area contributed by atoms with Crippen LogP contribution >= 0.6 is 23.1 Å². The van der Waals surface area contributed by atoms with Crippen LogP contribution in [0.1, 0.15) is 64.7 Å². The molecule has 1 saturated carbocycles. The Morgan fingerprint density at radius 1 is 1.19 bits per heavy atom. The number of nitrogens with one attached hydrogen (secondary N) is 1. The molecule has 2 aliphatic rings. The Bertz CT molecular complexity index is 800. The number of thiazole rings is 1. The van der Waals surface area contributed by atoms with Crippen molar-refractivity contribution in [3.05, 3.63) is 29.1 Å². The van der Waals surface area contributed by atoms with Crippen molar-refractivity contribution in [2.24, 2.45) is 5.92 Å². The van der Waals surface area contributed by atoms with E-state index in [1.165, 1.54) is 53.1 Å². The lowest BCUT2D eigenvalue weighted by Crippen LogP contribution is -2.22. The van der Waals surface area contributed by atoms with Gasteiger partial charge in [0.2, 0.25) is 5.91 Å². The predicted octanol–water partition coefficient (Wildman–Crippen LogP) is 6.96. The number of thioether (sulfide) groups is 1. The molecule has 0 saturated heterocycles. The van der Waals surface area contributed by atoms with Gasteiger partial charge in [-0.3, -0.25) is 4.79 Å². The van der Waals surface area contributed by atoms with Gasteiger partial charge in [0, 0.05) is 48.1 Å². The molecule has 172 valence electrons. The molecule has 1 aromatic heterocycles. The van der Waals surface area contributed by atoms with Crippen molar-refractivity contribution in [3.63, 3.8) is 0 Å². The van der Waals surface area contributed by atoms with Crippen LogP contribution in [0.2, 0.25) is 0 Å². The molecule has 1 aliphatic heterocycles. The van der Waals surface area contributed by atoms with Crippen molar-refractivity contribution < 1.29 is 4.79 Å². The molecule has 1 N–H and O–H groups in total. The van der Waals surface area contributed by atoms with Crippen molar-refractivity contribution in [1.82, 2.24) is 9.88 Å². The fraction of sp³-hybridized carbons (Fsp3) is 0.600. The first-order chi connectivity index (χ1) is 15.1. The summed E-state index contributed by atoms with van der Waals surface area (Å²) in [5.74, 6) is 2.14. The topological polar surface area (TPSA) is 45.2 Å². The fourth-order valence-electron chi connectivity index (χ4n) is 3.69. The number of benzene rings is 1. The zero-order valence-electron chi connectivity index (χ0n) is 19.9. The molecule has 0 unspecified atom stereocenters. The Morgan fingerprint density at radius 2 is 1.90 bits per heavy atom. The number of hydrogen-bond donors (Lipinski definition) is 1. The van der Waals surface area contributed by atoms with Crippen LogP contribution in [0.15, 0.2) is 29.2 Å². The minimum Gasteiger partial charge on any atom is -0.361 e. The normalized spacial score (nSPS) is 15.1. The molecule has 0 bridgehead atoms. The molecule has 1 fully saturated rings. The smallest absolute Gasteiger partial charge is 0.219 e. The maximum atomic E-state index is 10.3. The number of aryl methyl sites for hydroxylation is 1. The van der Waals surface area contributed by atoms with Gasteiger partial charge in [-0.05, 0) is 38.2 Å². The summed E-state index contributed by atoms with van der Waals surface area (Å²) in [6, 6.07) is 8.70. The van der Waals surface area contributed by atoms with Crippen LogP contribution in [-0.4, -0.2) is 41.7 Å². The van der Waals surface area contributed by atoms with Gasteiger partial charge in [-0.25, -0.2) is 4.98 Å². The first-order valence-electron chi connectivity index (χ1n) is 11.8. The zero-order valence-corrected chi connectivity index (χ0v) is 21.5. The number of rotatable bonds is 4. The highest BCUT2D eigenvalue weighted by Crippen LogP contribution is 2.40. The van der Waals surface area contributed by atoms with E-state index in [2.05, 4.69) is 29.6 Å². The Morgan fingerprint density at radius 3 is 2.55 bits per heavy atom. The van der Waals surface area contributed by atoms with E-state index >= 15 is 0 Å². The third-order valence-electron chi connectivity index (χ3n) is 5.70. The summed E-state index contributed by atoms with van der Waals surface area (Å²) in [5.41, 5.74) is 2.54. The fourth-order valence-corrected chi connectivity index (χ4v) is 5.83. The number of aromatic nitrogens is 1. The average molecular weight is 462 g/mol. The summed E-state index contributed by atoms with van der Waals surface area (Å²) < 4.78 is 0. The minimum atomic E-state index is 0.127. The van der Waals surface area contributed by atoms with Crippen LogP contribution < -0.4 is 5.32 Å². The molecule has 2 heterocycles. The molecule has 0 radical (unpaired) electrons. The van der Waals surface area contributed by atoms with Gasteiger partial charge in [0.15, 0.2) is 5.13 Å². The van der Waals surface area contributed by atoms with Gasteiger partial charge in [-0.1, -0.05) is 51.3 Å². The lowest BCUT2D eigenvalue weighted by Gasteiger charge is -2.21. The third-order valence-corrected chi connectivity index (χ3v) is 7.85. The number of carbonyl (C=O) groups excluding carboxylic acids is 1. The summed E-state index contributed by atoms with van der Waals surface area (Å²) in [7, 11) is 1.78. The molecule has 4 nitrogen and oxygen atoms in total. The van der Waals surface area contributed by atoms with E-state index < -0.39 is 0 Å². The Balaban J connectivity index is 0.000000327. The van der Waals surface area contributed by atoms with Gasteiger partial charge in [0.25, 0.3) is 0 Å². The third kappa shape index (κ3) is 7.83. The minimum absolute atomic E-state index is 0.127. The second kappa shape index (κ2) is 13.8. The van der Waals surface area contributed by atoms with E-state index in [0.717, 1.165) is 36.3 Å². The molecule has 0 atom stereocenters. The number of fused-ring (bicyclic) bond motifs is 3. The van der Waals surface area contributed by atoms with Crippen molar-refractivity contribution >= 4 is 34.1 Å². The highest BCUT2D eigenvalue weighted by Gasteiger charge is 2.20. The first kappa shape index (κ1) is 25.7. The number of carbonyl (C=O) groups is 1. The molecule has 6 heteroatoms. The second-order valence-corrected chi connectivity index (χ2v) is 10.0. The monoisotopic (exact) mass is 461 g/mol. The van der Waals surface area contributed by atoms with E-state index in [1.54, 1.807) is 18.9 Å². The van der Waals surface area contributed by atoms with E-state index in [0.29, 0.717) is 0 Å². The maximum Gasteiger partial charge on any atom is 0.219 e. The molecule has 2 aromatic rings. The van der Waals surface area contributed by atoms with Gasteiger partial charge in [0.05, 0.1) is 5.69 Å². The van der Waals surface area contributed by atoms with Crippen LogP contribution in [-0.2, 0) is 11.2 Å². The van der Waals surface area contributed by atoms with Gasteiger partial charge in [-0.15, -0.1) is 23.1 Å². The highest BCUT2D eigenvalue weighted by atomic mass is 32.2. The van der Waals surface area contributed by atoms with Gasteiger partial charge < -0.3 is 10.2 Å². The predicted molar refractivity (Wildman–Crippen MR) is 137 cm³/mol. The van der Waals surface area contributed by atoms with E-state index in [1.807, 2.05) is 43.9 Å². The SMILES string of the molecule is CC.CCN(C)C(C)=O.c1ccc2c(c1)SCCc1sc(NCC3CCCCC3)nc1-2. The van der Waals surface area contributed by atoms with E-state index in [9.17, 15) is 4.79 Å². The first-order valence-corrected chi connectivity index (χ1v) is 13.6. The van der Waals surface area contributed by atoms with Crippen LogP contribution in [0.4, 0.5) is 5.13 Å². The number of amides is 1. The molecule has 1 amide bonds. The Labute approximate surface area is 197 Å². The lowest BCUT2D eigenvalue weighted by atomic mass is 9.89. The molecule has 0 spiro atoms. The van der Waals surface area contributed by atoms with E-state index in [-0.39, 0.29) is 5.91 Å². The largest absolute Gasteiger partial charge is 0.361 e. The van der Waals surface area contributed by atoms with Crippen LogP contribution in [0, 0.1) is 5.92 Å². The van der Waals surface area contributed by atoms with Gasteiger partial charge >= 0.3 is 0 Å². The second-order valence-electron chi connectivity index (χ2n) is 7.80. The van der Waals surface area contributed by atoms with Gasteiger partial charge in [-0.2, -0.15) is 0 Å². The van der Waals surface area contributed by atoms with E-state index in [4.69, 9.17) is 4.98 Å². The molecule has 31 heavy (non-hydrogen) atoms. The number of anilines is 1. The molecule has 4 rings (SSSR count). The Hall–Kier alpha value is -1.53. The van der Waals surface area contributed by atoms with Crippen molar-refractivity contribution in [3.8, 4) is 11.3 Å². The summed E-state index contributed by atoms with van der Waals surface area (Å²) in [4.78, 5) is 19.7. The van der Waals surface area contributed by atoms with Crippen molar-refractivity contribution in [2.45, 2.75) is 71.1 Å². The standard InChI is InChI=1S/C18H22N2S2.C5H11NO.C2H6/c1-2-6-13(7-3-1)12-19-18-20-17-14-8-4-5-9-15(14)21-11-10-16(17)22-18;1-4-6(3)5(2)7;1-2/h4-5,8-9,13H,1-3,6-7,10-12H2,(H,19,20);4H2,1-3H3;1-2H3. The Kier molecular flexibility index (Phi) is 11.4. The summed E-state index contributed by atoms with van der Waals surface area (Å²) in [6.07, 6.45) is 8.15. The highest BCUT2D eigenvalue weighted by molar-refractivity contribution is 7.99. The lowest BCUT2D eigenvalue weighted by molar-refractivity contribution is -0.127. The molecule has 1 aromatic carbocycles. The van der Waals surface area contributed by atoms with Crippen LogP contribution in [0.5, 0.6) is 0 Å².